The Bertz CT molecular complexity index is 671. The van der Waals surface area contributed by atoms with E-state index in [9.17, 15) is 0 Å². The van der Waals surface area contributed by atoms with Crippen molar-refractivity contribution >= 4 is 5.96 Å². The number of ether oxygens (including phenoxy) is 2. The average molecular weight is 342 g/mol. The summed E-state index contributed by atoms with van der Waals surface area (Å²) in [5.74, 6) is 2.21. The Labute approximate surface area is 149 Å². The van der Waals surface area contributed by atoms with E-state index in [1.807, 2.05) is 43.3 Å². The number of methoxy groups -OCH3 is 1. The van der Waals surface area contributed by atoms with Gasteiger partial charge >= 0.3 is 0 Å². The minimum Gasteiger partial charge on any atom is -0.492 e. The number of nitrogens with one attached hydrogen (secondary N) is 2. The van der Waals surface area contributed by atoms with Crippen molar-refractivity contribution in [3.05, 3.63) is 53.7 Å². The third kappa shape index (κ3) is 6.33. The topological polar surface area (TPSA) is 67.8 Å². The molecule has 25 heavy (non-hydrogen) atoms. The lowest BCUT2D eigenvalue weighted by atomic mass is 10.2. The molecule has 0 saturated carbocycles. The standard InChI is InChI=1S/C19H26N4O2/c1-4-20-19(23-14-16-6-5-11-21-18(16)24-3)22-12-13-25-17-9-7-15(2)8-10-17/h5-11H,4,12-14H2,1-3H3,(H2,20,22,23). The zero-order valence-electron chi connectivity index (χ0n) is 15.1. The zero-order chi connectivity index (χ0) is 17.9. The molecule has 2 aromatic rings. The molecular formula is C19H26N4O2. The number of nitrogens with zero attached hydrogens (tertiary/aromatic N) is 2. The lowest BCUT2D eigenvalue weighted by Crippen LogP contribution is -2.39. The van der Waals surface area contributed by atoms with E-state index >= 15 is 0 Å². The molecule has 0 fully saturated rings. The summed E-state index contributed by atoms with van der Waals surface area (Å²) < 4.78 is 11.0. The number of guanidine groups is 1. The van der Waals surface area contributed by atoms with E-state index in [4.69, 9.17) is 9.47 Å². The van der Waals surface area contributed by atoms with Crippen molar-refractivity contribution in [2.75, 3.05) is 26.8 Å². The van der Waals surface area contributed by atoms with Crippen LogP contribution in [-0.4, -0.2) is 37.7 Å². The van der Waals surface area contributed by atoms with Crippen LogP contribution in [0.2, 0.25) is 0 Å². The van der Waals surface area contributed by atoms with E-state index in [2.05, 4.69) is 27.5 Å². The molecular weight excluding hydrogens is 316 g/mol. The molecule has 1 aromatic heterocycles. The SMILES string of the molecule is CCNC(=NCc1cccnc1OC)NCCOc1ccc(C)cc1. The second-order valence-electron chi connectivity index (χ2n) is 5.46. The van der Waals surface area contributed by atoms with Crippen LogP contribution in [0.1, 0.15) is 18.1 Å². The minimum atomic E-state index is 0.491. The summed E-state index contributed by atoms with van der Waals surface area (Å²) in [6.45, 7) is 6.58. The normalized spacial score (nSPS) is 11.1. The highest BCUT2D eigenvalue weighted by Crippen LogP contribution is 2.14. The molecule has 134 valence electrons. The van der Waals surface area contributed by atoms with Gasteiger partial charge in [-0.3, -0.25) is 0 Å². The number of aryl methyl sites for hydroxylation is 1. The van der Waals surface area contributed by atoms with Crippen LogP contribution in [0.4, 0.5) is 0 Å². The maximum atomic E-state index is 5.71. The van der Waals surface area contributed by atoms with Crippen LogP contribution in [0.15, 0.2) is 47.6 Å². The van der Waals surface area contributed by atoms with Crippen molar-refractivity contribution in [3.63, 3.8) is 0 Å². The molecule has 2 rings (SSSR count). The van der Waals surface area contributed by atoms with Gasteiger partial charge in [-0.2, -0.15) is 0 Å². The second-order valence-corrected chi connectivity index (χ2v) is 5.46. The highest BCUT2D eigenvalue weighted by molar-refractivity contribution is 5.79. The quantitative estimate of drug-likeness (QED) is 0.438. The summed E-state index contributed by atoms with van der Waals surface area (Å²) in [4.78, 5) is 8.75. The number of aromatic nitrogens is 1. The molecule has 0 aliphatic heterocycles. The molecule has 0 bridgehead atoms. The second kappa shape index (κ2) is 10.2. The van der Waals surface area contributed by atoms with Gasteiger partial charge in [0.25, 0.3) is 0 Å². The van der Waals surface area contributed by atoms with E-state index in [1.54, 1.807) is 13.3 Å². The first-order valence-electron chi connectivity index (χ1n) is 8.42. The van der Waals surface area contributed by atoms with Crippen molar-refractivity contribution in [1.82, 2.24) is 15.6 Å². The largest absolute Gasteiger partial charge is 0.492 e. The Hall–Kier alpha value is -2.76. The molecule has 0 aliphatic carbocycles. The molecule has 0 radical (unpaired) electrons. The van der Waals surface area contributed by atoms with Gasteiger partial charge in [-0.05, 0) is 32.0 Å². The smallest absolute Gasteiger partial charge is 0.218 e. The minimum absolute atomic E-state index is 0.491. The number of aliphatic imine (C=N–C) groups is 1. The summed E-state index contributed by atoms with van der Waals surface area (Å²) in [5, 5.41) is 6.48. The molecule has 6 nitrogen and oxygen atoms in total. The molecule has 2 N–H and O–H groups in total. The molecule has 1 aromatic carbocycles. The van der Waals surface area contributed by atoms with Crippen LogP contribution in [0.3, 0.4) is 0 Å². The van der Waals surface area contributed by atoms with Gasteiger partial charge in [-0.25, -0.2) is 9.98 Å². The Morgan fingerprint density at radius 3 is 2.68 bits per heavy atom. The predicted molar refractivity (Wildman–Crippen MR) is 100 cm³/mol. The third-order valence-corrected chi connectivity index (χ3v) is 3.48. The van der Waals surface area contributed by atoms with Gasteiger partial charge in [0.2, 0.25) is 5.88 Å². The zero-order valence-corrected chi connectivity index (χ0v) is 15.1. The van der Waals surface area contributed by atoms with Crippen molar-refractivity contribution in [2.45, 2.75) is 20.4 Å². The Morgan fingerprint density at radius 2 is 1.96 bits per heavy atom. The van der Waals surface area contributed by atoms with Crippen LogP contribution in [0, 0.1) is 6.92 Å². The van der Waals surface area contributed by atoms with E-state index in [-0.39, 0.29) is 0 Å². The molecule has 0 amide bonds. The molecule has 0 unspecified atom stereocenters. The average Bonchev–Trinajstić information content (AvgIpc) is 2.64. The predicted octanol–water partition coefficient (Wildman–Crippen LogP) is 2.53. The summed E-state index contributed by atoms with van der Waals surface area (Å²) >= 11 is 0. The highest BCUT2D eigenvalue weighted by atomic mass is 16.5. The van der Waals surface area contributed by atoms with E-state index in [1.165, 1.54) is 5.56 Å². The fourth-order valence-electron chi connectivity index (χ4n) is 2.21. The molecule has 1 heterocycles. The number of pyridine rings is 1. The first-order chi connectivity index (χ1) is 12.2. The van der Waals surface area contributed by atoms with Gasteiger partial charge < -0.3 is 20.1 Å². The van der Waals surface area contributed by atoms with Crippen LogP contribution in [0.25, 0.3) is 0 Å². The summed E-state index contributed by atoms with van der Waals surface area (Å²) in [6, 6.07) is 11.9. The van der Waals surface area contributed by atoms with Gasteiger partial charge in [0.05, 0.1) is 20.2 Å². The monoisotopic (exact) mass is 342 g/mol. The van der Waals surface area contributed by atoms with Gasteiger partial charge in [0, 0.05) is 18.3 Å². The first-order valence-corrected chi connectivity index (χ1v) is 8.42. The number of hydrogen-bond acceptors (Lipinski definition) is 4. The third-order valence-electron chi connectivity index (χ3n) is 3.48. The van der Waals surface area contributed by atoms with Crippen LogP contribution in [-0.2, 0) is 6.54 Å². The number of benzene rings is 1. The fourth-order valence-corrected chi connectivity index (χ4v) is 2.21. The summed E-state index contributed by atoms with van der Waals surface area (Å²) in [7, 11) is 1.61. The fraction of sp³-hybridized carbons (Fsp3) is 0.368. The van der Waals surface area contributed by atoms with Gasteiger partial charge in [0.1, 0.15) is 12.4 Å². The van der Waals surface area contributed by atoms with Crippen LogP contribution in [0.5, 0.6) is 11.6 Å². The lowest BCUT2D eigenvalue weighted by Gasteiger charge is -2.12. The van der Waals surface area contributed by atoms with Crippen LogP contribution >= 0.6 is 0 Å². The maximum Gasteiger partial charge on any atom is 0.218 e. The van der Waals surface area contributed by atoms with Crippen molar-refractivity contribution < 1.29 is 9.47 Å². The van der Waals surface area contributed by atoms with Crippen LogP contribution < -0.4 is 20.1 Å². The summed E-state index contributed by atoms with van der Waals surface area (Å²) in [5.41, 5.74) is 2.16. The molecule has 0 saturated heterocycles. The Balaban J connectivity index is 1.84. The van der Waals surface area contributed by atoms with E-state index in [0.29, 0.717) is 25.6 Å². The summed E-state index contributed by atoms with van der Waals surface area (Å²) in [6.07, 6.45) is 1.71. The maximum absolute atomic E-state index is 5.71. The number of hydrogen-bond donors (Lipinski definition) is 2. The van der Waals surface area contributed by atoms with Gasteiger partial charge in [0.15, 0.2) is 5.96 Å². The molecule has 0 spiro atoms. The molecule has 0 aliphatic rings. The van der Waals surface area contributed by atoms with Crippen molar-refractivity contribution in [1.29, 1.82) is 0 Å². The van der Waals surface area contributed by atoms with Gasteiger partial charge in [-0.1, -0.05) is 23.8 Å². The van der Waals surface area contributed by atoms with Crippen molar-refractivity contribution in [3.8, 4) is 11.6 Å². The van der Waals surface area contributed by atoms with E-state index in [0.717, 1.165) is 23.8 Å². The first kappa shape index (κ1) is 18.6. The number of rotatable bonds is 8. The van der Waals surface area contributed by atoms with Gasteiger partial charge in [-0.15, -0.1) is 0 Å². The van der Waals surface area contributed by atoms with E-state index < -0.39 is 0 Å². The molecule has 6 heteroatoms. The van der Waals surface area contributed by atoms with Crippen molar-refractivity contribution in [2.24, 2.45) is 4.99 Å². The molecule has 0 atom stereocenters. The lowest BCUT2D eigenvalue weighted by molar-refractivity contribution is 0.322. The Kier molecular flexibility index (Phi) is 7.56. The highest BCUT2D eigenvalue weighted by Gasteiger charge is 2.03. The Morgan fingerprint density at radius 1 is 1.16 bits per heavy atom.